The molecule has 0 aliphatic heterocycles. The summed E-state index contributed by atoms with van der Waals surface area (Å²) in [4.78, 5) is 0. The van der Waals surface area contributed by atoms with E-state index in [2.05, 4.69) is 0 Å². The summed E-state index contributed by atoms with van der Waals surface area (Å²) in [5.74, 6) is 0. The van der Waals surface area contributed by atoms with Crippen molar-refractivity contribution in [3.63, 3.8) is 0 Å². The zero-order chi connectivity index (χ0) is 21.5. The first-order valence-electron chi connectivity index (χ1n) is 4.65. The summed E-state index contributed by atoms with van der Waals surface area (Å²) in [6.45, 7) is 0. The van der Waals surface area contributed by atoms with Gasteiger partial charge < -0.3 is 118 Å². The fraction of sp³-hybridized carbons (Fsp3) is 0. The van der Waals surface area contributed by atoms with Crippen LogP contribution >= 0.6 is 0 Å². The second-order valence-electron chi connectivity index (χ2n) is 2.08. The van der Waals surface area contributed by atoms with Crippen LogP contribution in [0.25, 0.3) is 0 Å². The maximum Gasteiger partial charge on any atom is 0.631 e. The van der Waals surface area contributed by atoms with Gasteiger partial charge in [0.15, 0.2) is 0 Å². The Bertz CT molecular complexity index is 107. The van der Waals surface area contributed by atoms with Crippen molar-refractivity contribution >= 4 is 119 Å². The molecular weight excluding hydrogens is 513 g/mol. The monoisotopic (exact) mass is 542 g/mol. The quantitative estimate of drug-likeness (QED) is 0.126. The molecule has 188 valence electrons. The minimum atomic E-state index is -2.17. The van der Waals surface area contributed by atoms with Crippen LogP contribution in [0, 0.1) is 0 Å². The Hall–Kier alpha value is 1.99. The smallest absolute Gasteiger partial charge is 0.412 e. The third kappa shape index (κ3) is 7270. The van der Waals surface area contributed by atoms with Gasteiger partial charge in [-0.2, -0.15) is 0 Å². The standard InChI is InChI=1S/6BH3O3.2Ca.5H2O/c6*2-1(3)4;;;;;;;/h6*2-4H;;;5*1H2. The number of hydrogen-bond donors (Lipinski definition) is 18. The van der Waals surface area contributed by atoms with Crippen molar-refractivity contribution in [3.8, 4) is 0 Å². The molecule has 23 nitrogen and oxygen atoms in total. The van der Waals surface area contributed by atoms with Gasteiger partial charge in [-0.25, -0.2) is 0 Å². The molecule has 0 bridgehead atoms. The van der Waals surface area contributed by atoms with Gasteiger partial charge in [0, 0.05) is 75.5 Å². The Labute approximate surface area is 235 Å². The Morgan fingerprint density at radius 1 is 0.194 bits per heavy atom. The molecule has 0 heterocycles. The van der Waals surface area contributed by atoms with E-state index in [0.717, 1.165) is 0 Å². The van der Waals surface area contributed by atoms with Crippen LogP contribution in [0.15, 0.2) is 0 Å². The Morgan fingerprint density at radius 2 is 0.194 bits per heavy atom. The van der Waals surface area contributed by atoms with Gasteiger partial charge in [-0.1, -0.05) is 0 Å². The van der Waals surface area contributed by atoms with Crippen molar-refractivity contribution in [1.82, 2.24) is 0 Å². The van der Waals surface area contributed by atoms with Crippen LogP contribution in [0.4, 0.5) is 0 Å². The van der Waals surface area contributed by atoms with Gasteiger partial charge in [0.2, 0.25) is 0 Å². The van der Waals surface area contributed by atoms with Crippen molar-refractivity contribution in [1.29, 1.82) is 0 Å². The van der Waals surface area contributed by atoms with E-state index in [4.69, 9.17) is 90.4 Å². The molecule has 0 aromatic carbocycles. The van der Waals surface area contributed by atoms with Crippen LogP contribution in [0.1, 0.15) is 0 Å². The van der Waals surface area contributed by atoms with E-state index in [9.17, 15) is 0 Å². The minimum Gasteiger partial charge on any atom is -0.412 e. The maximum absolute atomic E-state index is 7.17. The first-order chi connectivity index (χ1) is 10.4. The van der Waals surface area contributed by atoms with Crippen LogP contribution in [0.5, 0.6) is 0 Å². The summed E-state index contributed by atoms with van der Waals surface area (Å²) in [5, 5.41) is 129. The van der Waals surface area contributed by atoms with Crippen molar-refractivity contribution in [2.45, 2.75) is 0 Å². The van der Waals surface area contributed by atoms with Crippen LogP contribution in [-0.4, -0.2) is 237 Å². The predicted molar refractivity (Wildman–Crippen MR) is 104 cm³/mol. The first kappa shape index (κ1) is 84.5. The fourth-order valence-corrected chi connectivity index (χ4v) is 0. The molecule has 4 radical (unpaired) electrons. The molecule has 0 aliphatic carbocycles. The predicted octanol–water partition coefficient (Wildman–Crippen LogP) is -17.2. The molecule has 0 fully saturated rings. The topological polar surface area (TPSA) is 522 Å². The zero-order valence-electron chi connectivity index (χ0n) is 15.4. The van der Waals surface area contributed by atoms with Crippen molar-refractivity contribution in [3.05, 3.63) is 0 Å². The molecule has 28 N–H and O–H groups in total. The third-order valence-corrected chi connectivity index (χ3v) is 0. The molecule has 0 saturated heterocycles. The van der Waals surface area contributed by atoms with Gasteiger partial charge in [-0.15, -0.1) is 0 Å². The van der Waals surface area contributed by atoms with E-state index in [1.165, 1.54) is 0 Å². The van der Waals surface area contributed by atoms with E-state index in [1.807, 2.05) is 0 Å². The summed E-state index contributed by atoms with van der Waals surface area (Å²) >= 11 is 0. The second-order valence-corrected chi connectivity index (χ2v) is 2.08. The average Bonchev–Trinajstić information content (AvgIpc) is 2.08. The molecule has 31 heteroatoms. The Kier molecular flexibility index (Phi) is 210. The molecule has 0 aromatic heterocycles. The summed E-state index contributed by atoms with van der Waals surface area (Å²) in [7, 11) is -13.0. The molecule has 0 unspecified atom stereocenters. The number of rotatable bonds is 0. The van der Waals surface area contributed by atoms with Gasteiger partial charge in [0.1, 0.15) is 0 Å². The molecule has 0 aliphatic rings. The van der Waals surface area contributed by atoms with E-state index in [1.54, 1.807) is 0 Å². The van der Waals surface area contributed by atoms with E-state index in [0.29, 0.717) is 0 Å². The summed E-state index contributed by atoms with van der Waals surface area (Å²) in [6, 6.07) is 0. The SMILES string of the molecule is O.O.O.O.O.OB(O)O.OB(O)O.OB(O)O.OB(O)O.OB(O)O.OB(O)O.[Ca].[Ca]. The first-order valence-corrected chi connectivity index (χ1v) is 4.65. The third-order valence-electron chi connectivity index (χ3n) is 0. The van der Waals surface area contributed by atoms with E-state index >= 15 is 0 Å². The molecule has 0 amide bonds. The normalized spacial score (nSPS) is 5.23. The Morgan fingerprint density at radius 3 is 0.194 bits per heavy atom. The zero-order valence-corrected chi connectivity index (χ0v) is 19.8. The summed E-state index contributed by atoms with van der Waals surface area (Å²) in [5.41, 5.74) is 0. The summed E-state index contributed by atoms with van der Waals surface area (Å²) in [6.07, 6.45) is 0. The number of hydrogen-bond acceptors (Lipinski definition) is 18. The molecule has 0 aromatic rings. The molecule has 0 atom stereocenters. The molecule has 0 saturated carbocycles. The van der Waals surface area contributed by atoms with E-state index in [-0.39, 0.29) is 103 Å². The average molecular weight is 541 g/mol. The van der Waals surface area contributed by atoms with E-state index < -0.39 is 43.9 Å². The van der Waals surface area contributed by atoms with Crippen molar-refractivity contribution in [2.24, 2.45) is 0 Å². The van der Waals surface area contributed by atoms with Crippen LogP contribution in [-0.2, 0) is 0 Å². The second kappa shape index (κ2) is 76.9. The molecule has 0 rings (SSSR count). The minimum absolute atomic E-state index is 0. The van der Waals surface area contributed by atoms with Crippen LogP contribution in [0.3, 0.4) is 0 Å². The van der Waals surface area contributed by atoms with Gasteiger partial charge in [0.25, 0.3) is 0 Å². The van der Waals surface area contributed by atoms with Gasteiger partial charge in [-0.3, -0.25) is 0 Å². The molecular formula is H28B6Ca2O23. The maximum atomic E-state index is 7.17. The molecule has 31 heavy (non-hydrogen) atoms. The van der Waals surface area contributed by atoms with Crippen LogP contribution in [0.2, 0.25) is 0 Å². The van der Waals surface area contributed by atoms with Gasteiger partial charge in [-0.05, 0) is 0 Å². The molecule has 0 spiro atoms. The fourth-order valence-electron chi connectivity index (χ4n) is 0. The van der Waals surface area contributed by atoms with Crippen molar-refractivity contribution in [2.75, 3.05) is 0 Å². The van der Waals surface area contributed by atoms with Crippen LogP contribution < -0.4 is 0 Å². The summed E-state index contributed by atoms with van der Waals surface area (Å²) < 4.78 is 0. The largest absolute Gasteiger partial charge is 0.631 e. The van der Waals surface area contributed by atoms with Crippen molar-refractivity contribution < 1.29 is 118 Å². The van der Waals surface area contributed by atoms with Gasteiger partial charge >= 0.3 is 43.9 Å². The Balaban J connectivity index is -0.0000000109. The van der Waals surface area contributed by atoms with Gasteiger partial charge in [0.05, 0.1) is 0 Å².